The van der Waals surface area contributed by atoms with Crippen LogP contribution >= 0.6 is 23.5 Å². The number of hydrogen-bond donors (Lipinski definition) is 0. The molecule has 1 heterocycles. The van der Waals surface area contributed by atoms with Crippen LogP contribution in [-0.4, -0.2) is 29.2 Å². The summed E-state index contributed by atoms with van der Waals surface area (Å²) in [7, 11) is 1.48. The van der Waals surface area contributed by atoms with Gasteiger partial charge in [0.15, 0.2) is 0 Å². The highest BCUT2D eigenvalue weighted by Gasteiger charge is 2.37. The summed E-state index contributed by atoms with van der Waals surface area (Å²) in [6.07, 6.45) is 5.16. The predicted octanol–water partition coefficient (Wildman–Crippen LogP) is 2.16. The predicted molar refractivity (Wildman–Crippen MR) is 61.5 cm³/mol. The van der Waals surface area contributed by atoms with Crippen LogP contribution in [0.25, 0.3) is 0 Å². The summed E-state index contributed by atoms with van der Waals surface area (Å²) in [5.74, 6) is 2.84. The van der Waals surface area contributed by atoms with Gasteiger partial charge in [0.2, 0.25) is 0 Å². The second-order valence-corrected chi connectivity index (χ2v) is 6.28. The number of allylic oxidation sites excluding steroid dienone is 2. The summed E-state index contributed by atoms with van der Waals surface area (Å²) in [5, 5.41) is 0. The highest BCUT2D eigenvalue weighted by molar-refractivity contribution is 8.20. The molecule has 0 aromatic rings. The van der Waals surface area contributed by atoms with Gasteiger partial charge in [-0.05, 0) is 6.42 Å². The van der Waals surface area contributed by atoms with Gasteiger partial charge < -0.3 is 4.74 Å². The number of rotatable bonds is 2. The molecule has 14 heavy (non-hydrogen) atoms. The van der Waals surface area contributed by atoms with Gasteiger partial charge in [-0.3, -0.25) is 4.79 Å². The maximum absolute atomic E-state index is 11.5. The van der Waals surface area contributed by atoms with Crippen LogP contribution in [0, 0.1) is 11.8 Å². The van der Waals surface area contributed by atoms with E-state index in [4.69, 9.17) is 4.74 Å². The van der Waals surface area contributed by atoms with Gasteiger partial charge >= 0.3 is 5.97 Å². The fourth-order valence-corrected chi connectivity index (χ4v) is 5.16. The minimum absolute atomic E-state index is 0.0481. The molecule has 78 valence electrons. The molecule has 2 aliphatic rings. The normalized spacial score (nSPS) is 32.4. The van der Waals surface area contributed by atoms with E-state index in [1.54, 1.807) is 0 Å². The zero-order chi connectivity index (χ0) is 9.97. The van der Waals surface area contributed by atoms with Crippen LogP contribution in [0.4, 0.5) is 0 Å². The molecule has 0 amide bonds. The Balaban J connectivity index is 2.01. The molecule has 1 aliphatic carbocycles. The van der Waals surface area contributed by atoms with Crippen LogP contribution in [0.15, 0.2) is 12.2 Å². The molecule has 1 fully saturated rings. The first-order valence-electron chi connectivity index (χ1n) is 4.80. The van der Waals surface area contributed by atoms with Gasteiger partial charge in [-0.15, -0.1) is 23.5 Å². The van der Waals surface area contributed by atoms with Gasteiger partial charge in [0.1, 0.15) is 0 Å². The first-order valence-corrected chi connectivity index (χ1v) is 6.90. The monoisotopic (exact) mass is 230 g/mol. The van der Waals surface area contributed by atoms with Crippen LogP contribution in [0.2, 0.25) is 0 Å². The fraction of sp³-hybridized carbons (Fsp3) is 0.700. The third kappa shape index (κ3) is 1.96. The zero-order valence-corrected chi connectivity index (χ0v) is 9.77. The SMILES string of the molecule is COC(=O)[C@H]1CC=C[C@@H]1C1SCCS1. The smallest absolute Gasteiger partial charge is 0.309 e. The Morgan fingerprint density at radius 2 is 2.14 bits per heavy atom. The summed E-state index contributed by atoms with van der Waals surface area (Å²) in [6, 6.07) is 0. The molecule has 4 heteroatoms. The lowest BCUT2D eigenvalue weighted by molar-refractivity contribution is -0.146. The number of methoxy groups -OCH3 is 1. The van der Waals surface area contributed by atoms with Crippen molar-refractivity contribution in [3.05, 3.63) is 12.2 Å². The molecule has 0 spiro atoms. The van der Waals surface area contributed by atoms with E-state index in [1.165, 1.54) is 18.6 Å². The minimum atomic E-state index is -0.0481. The molecular weight excluding hydrogens is 216 g/mol. The molecule has 2 nitrogen and oxygen atoms in total. The standard InChI is InChI=1S/C10H14O2S2/c1-12-9(11)7-3-2-4-8(7)10-13-5-6-14-10/h2,4,7-8,10H,3,5-6H2,1H3/t7-,8-/m0/s1. The van der Waals surface area contributed by atoms with Crippen LogP contribution in [-0.2, 0) is 9.53 Å². The molecule has 0 aromatic heterocycles. The maximum Gasteiger partial charge on any atom is 0.309 e. The zero-order valence-electron chi connectivity index (χ0n) is 8.14. The molecule has 0 aromatic carbocycles. The third-order valence-corrected chi connectivity index (χ3v) is 5.92. The molecule has 0 unspecified atom stereocenters. The van der Waals surface area contributed by atoms with Crippen LogP contribution in [0.1, 0.15) is 6.42 Å². The molecule has 0 saturated carbocycles. The number of esters is 1. The Kier molecular flexibility index (Phi) is 3.44. The van der Waals surface area contributed by atoms with Gasteiger partial charge in [-0.25, -0.2) is 0 Å². The Hall–Kier alpha value is -0.0900. The van der Waals surface area contributed by atoms with Crippen molar-refractivity contribution in [2.24, 2.45) is 11.8 Å². The summed E-state index contributed by atoms with van der Waals surface area (Å²) >= 11 is 3.95. The molecule has 2 atom stereocenters. The molecule has 0 radical (unpaired) electrons. The van der Waals surface area contributed by atoms with E-state index in [9.17, 15) is 4.79 Å². The summed E-state index contributed by atoms with van der Waals surface area (Å²) < 4.78 is 5.39. The first kappa shape index (κ1) is 10.4. The maximum atomic E-state index is 11.5. The largest absolute Gasteiger partial charge is 0.469 e. The average Bonchev–Trinajstić information content (AvgIpc) is 2.85. The van der Waals surface area contributed by atoms with E-state index in [1.807, 2.05) is 23.5 Å². The Bertz CT molecular complexity index is 247. The third-order valence-electron chi connectivity index (χ3n) is 2.68. The quantitative estimate of drug-likeness (QED) is 0.536. The van der Waals surface area contributed by atoms with E-state index >= 15 is 0 Å². The minimum Gasteiger partial charge on any atom is -0.469 e. The summed E-state index contributed by atoms with van der Waals surface area (Å²) in [6.45, 7) is 0. The van der Waals surface area contributed by atoms with Crippen molar-refractivity contribution in [3.63, 3.8) is 0 Å². The second-order valence-electron chi connectivity index (χ2n) is 3.48. The van der Waals surface area contributed by atoms with Crippen LogP contribution in [0.3, 0.4) is 0 Å². The van der Waals surface area contributed by atoms with Gasteiger partial charge in [-0.1, -0.05) is 12.2 Å². The Morgan fingerprint density at radius 1 is 1.43 bits per heavy atom. The van der Waals surface area contributed by atoms with Crippen LogP contribution in [0.5, 0.6) is 0 Å². The Morgan fingerprint density at radius 3 is 2.79 bits per heavy atom. The molecular formula is C10H14O2S2. The number of carbonyl (C=O) groups excluding carboxylic acids is 1. The van der Waals surface area contributed by atoms with Crippen LogP contribution < -0.4 is 0 Å². The lowest BCUT2D eigenvalue weighted by Gasteiger charge is -2.21. The van der Waals surface area contributed by atoms with E-state index < -0.39 is 0 Å². The average molecular weight is 230 g/mol. The van der Waals surface area contributed by atoms with Gasteiger partial charge in [-0.2, -0.15) is 0 Å². The van der Waals surface area contributed by atoms with Crippen molar-refractivity contribution in [2.75, 3.05) is 18.6 Å². The van der Waals surface area contributed by atoms with Crippen molar-refractivity contribution >= 4 is 29.5 Å². The Labute approximate surface area is 92.8 Å². The highest BCUT2D eigenvalue weighted by atomic mass is 32.2. The van der Waals surface area contributed by atoms with Gasteiger partial charge in [0, 0.05) is 17.4 Å². The molecule has 2 rings (SSSR count). The van der Waals surface area contributed by atoms with Crippen molar-refractivity contribution in [1.29, 1.82) is 0 Å². The van der Waals surface area contributed by atoms with Crippen molar-refractivity contribution in [3.8, 4) is 0 Å². The van der Waals surface area contributed by atoms with Crippen molar-refractivity contribution in [1.82, 2.24) is 0 Å². The number of hydrogen-bond acceptors (Lipinski definition) is 4. The number of ether oxygens (including phenoxy) is 1. The fourth-order valence-electron chi connectivity index (χ4n) is 1.96. The molecule has 0 bridgehead atoms. The van der Waals surface area contributed by atoms with Gasteiger partial charge in [0.05, 0.1) is 17.6 Å². The van der Waals surface area contributed by atoms with E-state index in [-0.39, 0.29) is 11.9 Å². The first-order chi connectivity index (χ1) is 6.83. The highest BCUT2D eigenvalue weighted by Crippen LogP contribution is 2.44. The van der Waals surface area contributed by atoms with E-state index in [2.05, 4.69) is 12.2 Å². The number of carbonyl (C=O) groups is 1. The lowest BCUT2D eigenvalue weighted by atomic mass is 9.97. The number of thioether (sulfide) groups is 2. The topological polar surface area (TPSA) is 26.3 Å². The lowest BCUT2D eigenvalue weighted by Crippen LogP contribution is -2.25. The second kappa shape index (κ2) is 4.62. The van der Waals surface area contributed by atoms with Crippen molar-refractivity contribution in [2.45, 2.75) is 11.0 Å². The van der Waals surface area contributed by atoms with Gasteiger partial charge in [0.25, 0.3) is 0 Å². The molecule has 1 saturated heterocycles. The molecule has 1 aliphatic heterocycles. The summed E-state index contributed by atoms with van der Waals surface area (Å²) in [5.41, 5.74) is 0. The van der Waals surface area contributed by atoms with E-state index in [0.29, 0.717) is 10.5 Å². The van der Waals surface area contributed by atoms with E-state index in [0.717, 1.165) is 6.42 Å². The summed E-state index contributed by atoms with van der Waals surface area (Å²) in [4.78, 5) is 11.5. The molecule has 0 N–H and O–H groups in total. The van der Waals surface area contributed by atoms with Crippen molar-refractivity contribution < 1.29 is 9.53 Å².